The van der Waals surface area contributed by atoms with Gasteiger partial charge in [-0.2, -0.15) is 0 Å². The molecule has 1 N–H and O–H groups in total. The lowest BCUT2D eigenvalue weighted by atomic mass is 9.86. The van der Waals surface area contributed by atoms with Crippen molar-refractivity contribution >= 4 is 29.9 Å². The summed E-state index contributed by atoms with van der Waals surface area (Å²) in [5.41, 5.74) is 0.567. The Labute approximate surface area is 192 Å². The van der Waals surface area contributed by atoms with Gasteiger partial charge in [-0.15, -0.1) is 24.0 Å². The molecule has 164 valence electrons. The van der Waals surface area contributed by atoms with Gasteiger partial charge in [-0.05, 0) is 43.2 Å². The van der Waals surface area contributed by atoms with E-state index >= 15 is 0 Å². The van der Waals surface area contributed by atoms with Crippen molar-refractivity contribution in [3.8, 4) is 0 Å². The molecule has 0 atom stereocenters. The van der Waals surface area contributed by atoms with Crippen molar-refractivity contribution in [1.82, 2.24) is 15.1 Å². The van der Waals surface area contributed by atoms with E-state index in [0.29, 0.717) is 5.41 Å². The number of guanidine groups is 1. The van der Waals surface area contributed by atoms with E-state index in [0.717, 1.165) is 77.0 Å². The SMILES string of the molecule is I.c1coc(CCNC(=NCCCN2CCOCC2)N2CCC3(CCCC3)C2)c1. The van der Waals surface area contributed by atoms with Gasteiger partial charge in [0.25, 0.3) is 0 Å². The molecule has 1 spiro atoms. The standard InChI is InChI=1S/C22H36N4O2.HI/c1-2-8-22(7-1)9-13-26(19-22)21(24-11-6-20-5-3-16-28-20)23-10-4-12-25-14-17-27-18-15-25;/h3,5,16H,1-2,4,6-15,17-19H2,(H,23,24);1H. The number of hydrogen-bond donors (Lipinski definition) is 1. The van der Waals surface area contributed by atoms with Gasteiger partial charge in [0.2, 0.25) is 0 Å². The lowest BCUT2D eigenvalue weighted by molar-refractivity contribution is 0.0377. The number of hydrogen-bond acceptors (Lipinski definition) is 4. The molecule has 0 bridgehead atoms. The zero-order valence-corrected chi connectivity index (χ0v) is 19.9. The third-order valence-corrected chi connectivity index (χ3v) is 6.63. The second kappa shape index (κ2) is 11.6. The van der Waals surface area contributed by atoms with Crippen LogP contribution in [0.4, 0.5) is 0 Å². The van der Waals surface area contributed by atoms with Crippen LogP contribution < -0.4 is 5.32 Å². The third-order valence-electron chi connectivity index (χ3n) is 6.63. The van der Waals surface area contributed by atoms with Gasteiger partial charge in [0.15, 0.2) is 5.96 Å². The van der Waals surface area contributed by atoms with Crippen molar-refractivity contribution in [3.05, 3.63) is 24.2 Å². The van der Waals surface area contributed by atoms with Crippen molar-refractivity contribution < 1.29 is 9.15 Å². The second-order valence-corrected chi connectivity index (χ2v) is 8.65. The number of likely N-dealkylation sites (tertiary alicyclic amines) is 1. The fraction of sp³-hybridized carbons (Fsp3) is 0.773. The molecule has 3 aliphatic rings. The summed E-state index contributed by atoms with van der Waals surface area (Å²) in [4.78, 5) is 10.0. The Morgan fingerprint density at radius 3 is 2.72 bits per heavy atom. The van der Waals surface area contributed by atoms with Crippen LogP contribution >= 0.6 is 24.0 Å². The molecule has 2 aliphatic heterocycles. The molecule has 3 fully saturated rings. The highest BCUT2D eigenvalue weighted by Gasteiger charge is 2.41. The van der Waals surface area contributed by atoms with Crippen LogP contribution in [0.1, 0.15) is 44.3 Å². The summed E-state index contributed by atoms with van der Waals surface area (Å²) in [5, 5.41) is 3.63. The highest BCUT2D eigenvalue weighted by molar-refractivity contribution is 14.0. The number of halogens is 1. The van der Waals surface area contributed by atoms with Crippen LogP contribution in [0.2, 0.25) is 0 Å². The Morgan fingerprint density at radius 1 is 1.14 bits per heavy atom. The molecule has 0 aromatic carbocycles. The van der Waals surface area contributed by atoms with Crippen molar-refractivity contribution in [2.45, 2.75) is 44.9 Å². The Balaban J connectivity index is 0.00000240. The van der Waals surface area contributed by atoms with Gasteiger partial charge in [0.1, 0.15) is 5.76 Å². The van der Waals surface area contributed by atoms with Crippen molar-refractivity contribution in [2.24, 2.45) is 10.4 Å². The number of rotatable bonds is 7. The van der Waals surface area contributed by atoms with Crippen LogP contribution in [-0.4, -0.2) is 74.8 Å². The van der Waals surface area contributed by atoms with Gasteiger partial charge >= 0.3 is 0 Å². The fourth-order valence-corrected chi connectivity index (χ4v) is 4.97. The summed E-state index contributed by atoms with van der Waals surface area (Å²) in [5.74, 6) is 2.14. The third kappa shape index (κ3) is 6.59. The second-order valence-electron chi connectivity index (χ2n) is 8.65. The number of nitrogens with zero attached hydrogens (tertiary/aromatic N) is 3. The highest BCUT2D eigenvalue weighted by Crippen LogP contribution is 2.45. The zero-order valence-electron chi connectivity index (χ0n) is 17.6. The number of furan rings is 1. The van der Waals surface area contributed by atoms with Crippen LogP contribution in [0.15, 0.2) is 27.8 Å². The maximum atomic E-state index is 5.47. The Morgan fingerprint density at radius 2 is 1.97 bits per heavy atom. The van der Waals surface area contributed by atoms with E-state index in [4.69, 9.17) is 14.1 Å². The predicted octanol–water partition coefficient (Wildman–Crippen LogP) is 3.37. The maximum absolute atomic E-state index is 5.47. The highest BCUT2D eigenvalue weighted by atomic mass is 127. The molecule has 1 aromatic rings. The summed E-state index contributed by atoms with van der Waals surface area (Å²) in [6.07, 6.45) is 10.7. The Kier molecular flexibility index (Phi) is 9.11. The van der Waals surface area contributed by atoms with Crippen LogP contribution in [0.3, 0.4) is 0 Å². The van der Waals surface area contributed by atoms with E-state index in [1.54, 1.807) is 6.26 Å². The van der Waals surface area contributed by atoms with E-state index in [9.17, 15) is 0 Å². The van der Waals surface area contributed by atoms with Gasteiger partial charge in [0.05, 0.1) is 19.5 Å². The fourth-order valence-electron chi connectivity index (χ4n) is 4.97. The predicted molar refractivity (Wildman–Crippen MR) is 127 cm³/mol. The minimum Gasteiger partial charge on any atom is -0.469 e. The Bertz CT molecular complexity index is 610. The topological polar surface area (TPSA) is 53.2 Å². The van der Waals surface area contributed by atoms with E-state index in [1.807, 2.05) is 12.1 Å². The number of morpholine rings is 1. The van der Waals surface area contributed by atoms with Crippen molar-refractivity contribution in [2.75, 3.05) is 59.0 Å². The van der Waals surface area contributed by atoms with Crippen molar-refractivity contribution in [3.63, 3.8) is 0 Å². The zero-order chi connectivity index (χ0) is 19.1. The molecule has 6 nitrogen and oxygen atoms in total. The van der Waals surface area contributed by atoms with Crippen molar-refractivity contribution in [1.29, 1.82) is 0 Å². The number of ether oxygens (including phenoxy) is 1. The summed E-state index contributed by atoms with van der Waals surface area (Å²) in [7, 11) is 0. The molecule has 0 radical (unpaired) electrons. The van der Waals surface area contributed by atoms with E-state index in [2.05, 4.69) is 15.1 Å². The lowest BCUT2D eigenvalue weighted by Crippen LogP contribution is -2.42. The lowest BCUT2D eigenvalue weighted by Gasteiger charge is -2.27. The molecule has 1 aromatic heterocycles. The van der Waals surface area contributed by atoms with Gasteiger partial charge in [-0.25, -0.2) is 0 Å². The molecule has 0 amide bonds. The van der Waals surface area contributed by atoms with Gasteiger partial charge in [0, 0.05) is 52.2 Å². The van der Waals surface area contributed by atoms with Crippen LogP contribution in [0, 0.1) is 5.41 Å². The molecule has 2 saturated heterocycles. The molecule has 1 aliphatic carbocycles. The molecule has 4 rings (SSSR count). The van der Waals surface area contributed by atoms with Gasteiger partial charge < -0.3 is 19.4 Å². The first-order chi connectivity index (χ1) is 13.8. The average Bonchev–Trinajstić information content (AvgIpc) is 3.48. The van der Waals surface area contributed by atoms with E-state index in [1.165, 1.54) is 38.6 Å². The van der Waals surface area contributed by atoms with Crippen LogP contribution in [0.25, 0.3) is 0 Å². The molecule has 0 unspecified atom stereocenters. The summed E-state index contributed by atoms with van der Waals surface area (Å²) in [6, 6.07) is 4.00. The summed E-state index contributed by atoms with van der Waals surface area (Å²) >= 11 is 0. The first kappa shape index (κ1) is 22.9. The van der Waals surface area contributed by atoms with Crippen LogP contribution in [0.5, 0.6) is 0 Å². The largest absolute Gasteiger partial charge is 0.469 e. The first-order valence-electron chi connectivity index (χ1n) is 11.2. The summed E-state index contributed by atoms with van der Waals surface area (Å²) < 4.78 is 10.9. The normalized spacial score (nSPS) is 22.2. The van der Waals surface area contributed by atoms with E-state index in [-0.39, 0.29) is 24.0 Å². The molecule has 3 heterocycles. The first-order valence-corrected chi connectivity index (χ1v) is 11.2. The quantitative estimate of drug-likeness (QED) is 0.261. The average molecular weight is 516 g/mol. The monoisotopic (exact) mass is 516 g/mol. The molecular formula is C22H37IN4O2. The minimum absolute atomic E-state index is 0. The molecule has 7 heteroatoms. The number of nitrogens with one attached hydrogen (secondary N) is 1. The molecular weight excluding hydrogens is 479 g/mol. The minimum atomic E-state index is 0. The maximum Gasteiger partial charge on any atom is 0.193 e. The smallest absolute Gasteiger partial charge is 0.193 e. The summed E-state index contributed by atoms with van der Waals surface area (Å²) in [6.45, 7) is 9.09. The van der Waals surface area contributed by atoms with E-state index < -0.39 is 0 Å². The van der Waals surface area contributed by atoms with Gasteiger partial charge in [-0.3, -0.25) is 9.89 Å². The molecule has 29 heavy (non-hydrogen) atoms. The Hall–Kier alpha value is -0.800. The number of aliphatic imine (C=N–C) groups is 1. The van der Waals surface area contributed by atoms with Crippen LogP contribution in [-0.2, 0) is 11.2 Å². The van der Waals surface area contributed by atoms with Gasteiger partial charge in [-0.1, -0.05) is 12.8 Å². The molecule has 1 saturated carbocycles.